The van der Waals surface area contributed by atoms with Crippen LogP contribution in [-0.4, -0.2) is 67.6 Å². The molecular formula is C21H19N3O7S2. The highest BCUT2D eigenvalue weighted by Gasteiger charge is 2.54. The predicted octanol–water partition coefficient (Wildman–Crippen LogP) is 1.36. The highest BCUT2D eigenvalue weighted by atomic mass is 32.2. The Morgan fingerprint density at radius 2 is 2.06 bits per heavy atom. The van der Waals surface area contributed by atoms with Crippen molar-refractivity contribution in [2.75, 3.05) is 12.4 Å². The van der Waals surface area contributed by atoms with E-state index in [-0.39, 0.29) is 30.2 Å². The number of carbonyl (C=O) groups excluding carboxylic acids is 3. The second-order valence-electron chi connectivity index (χ2n) is 7.33. The molecule has 1 aromatic heterocycles. The number of hydrogen-bond acceptors (Lipinski definition) is 9. The van der Waals surface area contributed by atoms with Gasteiger partial charge in [-0.05, 0) is 12.1 Å². The number of carbonyl (C=O) groups is 4. The number of aliphatic carboxylic acids is 1. The fourth-order valence-corrected chi connectivity index (χ4v) is 5.72. The van der Waals surface area contributed by atoms with Crippen molar-refractivity contribution in [3.05, 3.63) is 46.6 Å². The summed E-state index contributed by atoms with van der Waals surface area (Å²) in [5.74, 6) is -2.45. The van der Waals surface area contributed by atoms with Gasteiger partial charge in [0.05, 0.1) is 17.7 Å². The van der Waals surface area contributed by atoms with Crippen molar-refractivity contribution >= 4 is 46.9 Å². The summed E-state index contributed by atoms with van der Waals surface area (Å²) in [6.07, 6.45) is -0.0649. The molecule has 1 saturated heterocycles. The molecule has 0 aliphatic carbocycles. The average molecular weight is 490 g/mol. The van der Waals surface area contributed by atoms with E-state index < -0.39 is 35.2 Å². The highest BCUT2D eigenvalue weighted by Crippen LogP contribution is 2.40. The van der Waals surface area contributed by atoms with Crippen molar-refractivity contribution in [3.63, 3.8) is 0 Å². The fraction of sp³-hybridized carbons (Fsp3) is 0.286. The molecule has 2 aromatic rings. The van der Waals surface area contributed by atoms with Gasteiger partial charge in [0.1, 0.15) is 34.5 Å². The lowest BCUT2D eigenvalue weighted by Gasteiger charge is -2.49. The molecular weight excluding hydrogens is 470 g/mol. The number of esters is 1. The molecule has 0 bridgehead atoms. The van der Waals surface area contributed by atoms with Crippen LogP contribution in [0.4, 0.5) is 0 Å². The van der Waals surface area contributed by atoms with Gasteiger partial charge >= 0.3 is 11.9 Å². The molecule has 0 radical (unpaired) electrons. The molecule has 3 N–H and O–H groups in total. The first-order valence-corrected chi connectivity index (χ1v) is 11.7. The maximum absolute atomic E-state index is 12.7. The highest BCUT2D eigenvalue weighted by molar-refractivity contribution is 8.00. The molecule has 1 fully saturated rings. The van der Waals surface area contributed by atoms with Crippen LogP contribution >= 0.6 is 23.1 Å². The summed E-state index contributed by atoms with van der Waals surface area (Å²) in [6.45, 7) is 1.01. The van der Waals surface area contributed by atoms with Crippen LogP contribution in [0.3, 0.4) is 0 Å². The molecule has 172 valence electrons. The van der Waals surface area contributed by atoms with Crippen LogP contribution in [-0.2, 0) is 30.3 Å². The minimum atomic E-state index is -1.29. The number of fused-ring (bicyclic) bond motifs is 1. The van der Waals surface area contributed by atoms with Crippen molar-refractivity contribution < 1.29 is 34.1 Å². The van der Waals surface area contributed by atoms with Gasteiger partial charge in [0.25, 0.3) is 5.91 Å². The maximum Gasteiger partial charge on any atom is 0.352 e. The number of phenols is 1. The van der Waals surface area contributed by atoms with Gasteiger partial charge in [-0.15, -0.1) is 23.1 Å². The summed E-state index contributed by atoms with van der Waals surface area (Å²) in [7, 11) is 0. The Morgan fingerprint density at radius 3 is 2.76 bits per heavy atom. The van der Waals surface area contributed by atoms with Crippen molar-refractivity contribution in [2.24, 2.45) is 0 Å². The molecule has 10 nitrogen and oxygen atoms in total. The molecule has 2 aliphatic rings. The third-order valence-electron chi connectivity index (χ3n) is 5.04. The first-order valence-electron chi connectivity index (χ1n) is 9.81. The van der Waals surface area contributed by atoms with Crippen LogP contribution in [0.2, 0.25) is 0 Å². The molecule has 0 spiro atoms. The number of para-hydroxylation sites is 1. The van der Waals surface area contributed by atoms with Gasteiger partial charge in [-0.25, -0.2) is 9.78 Å². The number of rotatable bonds is 7. The van der Waals surface area contributed by atoms with E-state index in [0.29, 0.717) is 21.8 Å². The largest absolute Gasteiger partial charge is 0.507 e. The molecule has 0 saturated carbocycles. The minimum absolute atomic E-state index is 0.0649. The Hall–Kier alpha value is -3.38. The standard InChI is InChI=1S/C21H19N3O7S2/c1-10(25)31-7-11-8-33-20-16(19(28)24(20)17(11)21(29)30)23-15(27)6-12-9-32-18(22-12)13-4-2-3-5-14(13)26/h2-5,9,16,20,26H,6-8H2,1H3,(H,23,27)(H,29,30)/t16-,20-/m1/s1. The maximum atomic E-state index is 12.7. The molecule has 2 amide bonds. The number of hydrogen-bond donors (Lipinski definition) is 3. The van der Waals surface area contributed by atoms with Gasteiger partial charge in [-0.1, -0.05) is 12.1 Å². The number of aromatic nitrogens is 1. The summed E-state index contributed by atoms with van der Waals surface area (Å²) in [6, 6.07) is 5.89. The SMILES string of the molecule is CC(=O)OCC1=C(C(=O)O)N2C(=O)[C@@H](NC(=O)Cc3csc(-c4ccccc4O)n3)[C@H]2SC1. The third kappa shape index (κ3) is 4.57. The normalized spacial score (nSPS) is 19.5. The molecule has 12 heteroatoms. The van der Waals surface area contributed by atoms with Crippen LogP contribution in [0, 0.1) is 0 Å². The van der Waals surface area contributed by atoms with E-state index >= 15 is 0 Å². The van der Waals surface area contributed by atoms with Gasteiger partial charge in [-0.2, -0.15) is 0 Å². The lowest BCUT2D eigenvalue weighted by atomic mass is 10.0. The lowest BCUT2D eigenvalue weighted by Crippen LogP contribution is -2.70. The van der Waals surface area contributed by atoms with Gasteiger partial charge in [0.15, 0.2) is 0 Å². The third-order valence-corrected chi connectivity index (χ3v) is 7.31. The molecule has 33 heavy (non-hydrogen) atoms. The van der Waals surface area contributed by atoms with Crippen LogP contribution in [0.5, 0.6) is 5.75 Å². The number of carboxylic acid groups (broad SMARTS) is 1. The van der Waals surface area contributed by atoms with Gasteiger partial charge < -0.3 is 20.3 Å². The summed E-state index contributed by atoms with van der Waals surface area (Å²) in [5.41, 5.74) is 1.18. The Kier molecular flexibility index (Phi) is 6.38. The second-order valence-corrected chi connectivity index (χ2v) is 9.29. The first kappa shape index (κ1) is 22.8. The van der Waals surface area contributed by atoms with Crippen LogP contribution in [0.1, 0.15) is 12.6 Å². The number of carboxylic acids is 1. The van der Waals surface area contributed by atoms with Crippen LogP contribution in [0.25, 0.3) is 10.6 Å². The van der Waals surface area contributed by atoms with E-state index in [1.165, 1.54) is 30.0 Å². The van der Waals surface area contributed by atoms with E-state index in [4.69, 9.17) is 4.74 Å². The van der Waals surface area contributed by atoms with Crippen LogP contribution in [0.15, 0.2) is 40.9 Å². The number of amides is 2. The molecule has 3 heterocycles. The molecule has 4 rings (SSSR count). The van der Waals surface area contributed by atoms with E-state index in [9.17, 15) is 29.4 Å². The fourth-order valence-electron chi connectivity index (χ4n) is 3.54. The monoisotopic (exact) mass is 489 g/mol. The molecule has 0 unspecified atom stereocenters. The quantitative estimate of drug-likeness (QED) is 0.387. The van der Waals surface area contributed by atoms with Crippen molar-refractivity contribution in [2.45, 2.75) is 24.8 Å². The number of β-lactam (4-membered cyclic amide) rings is 1. The number of phenolic OH excluding ortho intramolecular Hbond substituents is 1. The Bertz CT molecular complexity index is 1180. The Labute approximate surface area is 196 Å². The number of aromatic hydroxyl groups is 1. The number of nitrogens with one attached hydrogen (secondary N) is 1. The zero-order valence-corrected chi connectivity index (χ0v) is 18.9. The number of nitrogens with zero attached hydrogens (tertiary/aromatic N) is 2. The van der Waals surface area contributed by atoms with E-state index in [1.807, 2.05) is 0 Å². The summed E-state index contributed by atoms with van der Waals surface area (Å²) < 4.78 is 4.90. The molecule has 2 atom stereocenters. The van der Waals surface area contributed by atoms with Crippen molar-refractivity contribution in [3.8, 4) is 16.3 Å². The lowest BCUT2D eigenvalue weighted by molar-refractivity contribution is -0.151. The van der Waals surface area contributed by atoms with Crippen molar-refractivity contribution in [1.82, 2.24) is 15.2 Å². The van der Waals surface area contributed by atoms with E-state index in [1.54, 1.807) is 29.6 Å². The number of ether oxygens (including phenoxy) is 1. The smallest absolute Gasteiger partial charge is 0.352 e. The predicted molar refractivity (Wildman–Crippen MR) is 119 cm³/mol. The first-order chi connectivity index (χ1) is 15.8. The topological polar surface area (TPSA) is 146 Å². The van der Waals surface area contributed by atoms with E-state index in [2.05, 4.69) is 10.3 Å². The summed E-state index contributed by atoms with van der Waals surface area (Å²) >= 11 is 2.58. The van der Waals surface area contributed by atoms with Crippen molar-refractivity contribution in [1.29, 1.82) is 0 Å². The molecule has 1 aromatic carbocycles. The van der Waals surface area contributed by atoms with E-state index in [0.717, 1.165) is 4.90 Å². The number of thioether (sulfide) groups is 1. The minimum Gasteiger partial charge on any atom is -0.507 e. The Balaban J connectivity index is 1.41. The molecule has 2 aliphatic heterocycles. The average Bonchev–Trinajstić information content (AvgIpc) is 3.23. The number of thiazole rings is 1. The van der Waals surface area contributed by atoms with Crippen LogP contribution < -0.4 is 5.32 Å². The Morgan fingerprint density at radius 1 is 1.30 bits per heavy atom. The summed E-state index contributed by atoms with van der Waals surface area (Å²) in [5, 5.41) is 23.9. The zero-order chi connectivity index (χ0) is 23.7. The number of benzene rings is 1. The summed E-state index contributed by atoms with van der Waals surface area (Å²) in [4.78, 5) is 53.5. The van der Waals surface area contributed by atoms with Gasteiger partial charge in [-0.3, -0.25) is 19.3 Å². The second kappa shape index (κ2) is 9.24. The van der Waals surface area contributed by atoms with Gasteiger partial charge in [0, 0.05) is 23.6 Å². The zero-order valence-electron chi connectivity index (χ0n) is 17.3. The van der Waals surface area contributed by atoms with Gasteiger partial charge in [0.2, 0.25) is 5.91 Å².